The molecule has 0 aliphatic heterocycles. The fourth-order valence-electron chi connectivity index (χ4n) is 2.18. The van der Waals surface area contributed by atoms with E-state index in [9.17, 15) is 9.59 Å². The molecule has 25 heavy (non-hydrogen) atoms. The van der Waals surface area contributed by atoms with Crippen LogP contribution < -0.4 is 5.32 Å². The number of ether oxygens (including phenoxy) is 1. The first-order valence-electron chi connectivity index (χ1n) is 7.68. The van der Waals surface area contributed by atoms with Crippen LogP contribution >= 0.6 is 0 Å². The molecule has 1 aromatic carbocycles. The molecule has 7 nitrogen and oxygen atoms in total. The minimum Gasteiger partial charge on any atom is -0.460 e. The fourth-order valence-corrected chi connectivity index (χ4v) is 2.18. The minimum absolute atomic E-state index is 0.0962. The summed E-state index contributed by atoms with van der Waals surface area (Å²) in [6.45, 7) is 0.332. The first-order valence-corrected chi connectivity index (χ1v) is 7.68. The van der Waals surface area contributed by atoms with Crippen LogP contribution in [0.1, 0.15) is 20.7 Å². The van der Waals surface area contributed by atoms with Gasteiger partial charge in [-0.3, -0.25) is 9.78 Å². The standard InChI is InChI=1S/C18H16N4O3/c23-17(14-5-7-19-8-6-14)21-10-12-25-18(24)15-1-3-16(4-2-15)22-11-9-20-13-22/h1-9,11,13H,10,12H2,(H,21,23). The lowest BCUT2D eigenvalue weighted by molar-refractivity contribution is 0.0503. The van der Waals surface area contributed by atoms with E-state index in [0.29, 0.717) is 11.1 Å². The number of rotatable bonds is 6. The Morgan fingerprint density at radius 3 is 2.40 bits per heavy atom. The first kappa shape index (κ1) is 16.4. The summed E-state index contributed by atoms with van der Waals surface area (Å²) in [5, 5.41) is 2.68. The van der Waals surface area contributed by atoms with E-state index in [-0.39, 0.29) is 19.1 Å². The Balaban J connectivity index is 1.46. The number of carbonyl (C=O) groups excluding carboxylic acids is 2. The van der Waals surface area contributed by atoms with Crippen LogP contribution in [0.5, 0.6) is 0 Å². The Morgan fingerprint density at radius 2 is 1.72 bits per heavy atom. The lowest BCUT2D eigenvalue weighted by Crippen LogP contribution is -2.28. The van der Waals surface area contributed by atoms with Gasteiger partial charge in [0.05, 0.1) is 18.4 Å². The van der Waals surface area contributed by atoms with Crippen LogP contribution in [0.2, 0.25) is 0 Å². The zero-order valence-electron chi connectivity index (χ0n) is 13.3. The van der Waals surface area contributed by atoms with E-state index >= 15 is 0 Å². The van der Waals surface area contributed by atoms with Crippen molar-refractivity contribution in [3.05, 3.63) is 78.6 Å². The number of aromatic nitrogens is 3. The van der Waals surface area contributed by atoms with Crippen LogP contribution in [0.4, 0.5) is 0 Å². The van der Waals surface area contributed by atoms with Crippen LogP contribution in [0.15, 0.2) is 67.5 Å². The van der Waals surface area contributed by atoms with Crippen molar-refractivity contribution < 1.29 is 14.3 Å². The average Bonchev–Trinajstić information content (AvgIpc) is 3.20. The normalized spacial score (nSPS) is 10.2. The summed E-state index contributed by atoms with van der Waals surface area (Å²) in [5.74, 6) is -0.668. The highest BCUT2D eigenvalue weighted by Gasteiger charge is 2.08. The van der Waals surface area contributed by atoms with Gasteiger partial charge >= 0.3 is 5.97 Å². The molecular weight excluding hydrogens is 320 g/mol. The van der Waals surface area contributed by atoms with Crippen LogP contribution in [0.25, 0.3) is 5.69 Å². The van der Waals surface area contributed by atoms with Gasteiger partial charge in [-0.2, -0.15) is 0 Å². The maximum absolute atomic E-state index is 12.0. The summed E-state index contributed by atoms with van der Waals surface area (Å²) < 4.78 is 7.00. The second kappa shape index (κ2) is 7.87. The molecule has 3 rings (SSSR count). The number of pyridine rings is 1. The maximum atomic E-state index is 12.0. The summed E-state index contributed by atoms with van der Waals surface area (Å²) >= 11 is 0. The van der Waals surface area contributed by atoms with Crippen molar-refractivity contribution in [2.24, 2.45) is 0 Å². The van der Waals surface area contributed by atoms with Gasteiger partial charge in [-0.25, -0.2) is 9.78 Å². The van der Waals surface area contributed by atoms with Crippen LogP contribution in [-0.2, 0) is 4.74 Å². The number of nitrogens with one attached hydrogen (secondary N) is 1. The molecule has 0 unspecified atom stereocenters. The largest absolute Gasteiger partial charge is 0.460 e. The van der Waals surface area contributed by atoms with Crippen molar-refractivity contribution >= 4 is 11.9 Å². The van der Waals surface area contributed by atoms with Crippen molar-refractivity contribution in [2.45, 2.75) is 0 Å². The Morgan fingerprint density at radius 1 is 0.960 bits per heavy atom. The quantitative estimate of drug-likeness (QED) is 0.548. The number of nitrogens with zero attached hydrogens (tertiary/aromatic N) is 3. The minimum atomic E-state index is -0.435. The Hall–Kier alpha value is -3.48. The zero-order valence-corrected chi connectivity index (χ0v) is 13.3. The topological polar surface area (TPSA) is 86.1 Å². The van der Waals surface area contributed by atoms with Crippen LogP contribution in [-0.4, -0.2) is 39.6 Å². The summed E-state index contributed by atoms with van der Waals surface area (Å²) in [5.41, 5.74) is 1.86. The SMILES string of the molecule is O=C(NCCOC(=O)c1ccc(-n2ccnc2)cc1)c1ccncc1. The van der Waals surface area contributed by atoms with Gasteiger partial charge in [-0.15, -0.1) is 0 Å². The molecule has 3 aromatic rings. The first-order chi connectivity index (χ1) is 12.2. The molecule has 0 atom stereocenters. The van der Waals surface area contributed by atoms with Gasteiger partial charge in [0.2, 0.25) is 0 Å². The van der Waals surface area contributed by atoms with Crippen molar-refractivity contribution in [1.29, 1.82) is 0 Å². The van der Waals surface area contributed by atoms with Gasteiger partial charge in [-0.1, -0.05) is 0 Å². The lowest BCUT2D eigenvalue weighted by atomic mass is 10.2. The smallest absolute Gasteiger partial charge is 0.338 e. The highest BCUT2D eigenvalue weighted by molar-refractivity contribution is 5.94. The van der Waals surface area contributed by atoms with E-state index in [4.69, 9.17) is 4.74 Å². The maximum Gasteiger partial charge on any atom is 0.338 e. The fraction of sp³-hybridized carbons (Fsp3) is 0.111. The summed E-state index contributed by atoms with van der Waals surface area (Å²) in [7, 11) is 0. The molecule has 0 saturated heterocycles. The Kier molecular flexibility index (Phi) is 5.16. The van der Waals surface area contributed by atoms with E-state index in [0.717, 1.165) is 5.69 Å². The molecule has 1 amide bonds. The molecule has 0 saturated carbocycles. The van der Waals surface area contributed by atoms with E-state index < -0.39 is 5.97 Å². The zero-order chi connectivity index (χ0) is 17.5. The van der Waals surface area contributed by atoms with Gasteiger partial charge in [0.1, 0.15) is 6.61 Å². The number of imidazole rings is 1. The molecule has 2 heterocycles. The number of carbonyl (C=O) groups is 2. The molecule has 0 aliphatic rings. The van der Waals surface area contributed by atoms with Crippen molar-refractivity contribution in [2.75, 3.05) is 13.2 Å². The van der Waals surface area contributed by atoms with E-state index in [1.807, 2.05) is 22.9 Å². The van der Waals surface area contributed by atoms with Crippen LogP contribution in [0.3, 0.4) is 0 Å². The van der Waals surface area contributed by atoms with Gasteiger partial charge in [0.25, 0.3) is 5.91 Å². The number of benzene rings is 1. The van der Waals surface area contributed by atoms with Crippen molar-refractivity contribution in [1.82, 2.24) is 19.9 Å². The van der Waals surface area contributed by atoms with Gasteiger partial charge in [0, 0.05) is 36.0 Å². The average molecular weight is 336 g/mol. The molecule has 126 valence electrons. The summed E-state index contributed by atoms with van der Waals surface area (Å²) in [6.07, 6.45) is 8.27. The second-order valence-electron chi connectivity index (χ2n) is 5.14. The van der Waals surface area contributed by atoms with E-state index in [2.05, 4.69) is 15.3 Å². The van der Waals surface area contributed by atoms with Gasteiger partial charge in [0.15, 0.2) is 0 Å². The van der Waals surface area contributed by atoms with Crippen molar-refractivity contribution in [3.63, 3.8) is 0 Å². The summed E-state index contributed by atoms with van der Waals surface area (Å²) in [4.78, 5) is 31.6. The summed E-state index contributed by atoms with van der Waals surface area (Å²) in [6, 6.07) is 10.2. The molecule has 0 aliphatic carbocycles. The van der Waals surface area contributed by atoms with E-state index in [1.54, 1.807) is 49.2 Å². The van der Waals surface area contributed by atoms with E-state index in [1.165, 1.54) is 0 Å². The molecule has 1 N–H and O–H groups in total. The molecule has 2 aromatic heterocycles. The lowest BCUT2D eigenvalue weighted by Gasteiger charge is -2.07. The van der Waals surface area contributed by atoms with Crippen LogP contribution in [0, 0.1) is 0 Å². The predicted octanol–water partition coefficient (Wildman–Crippen LogP) is 1.85. The molecular formula is C18H16N4O3. The van der Waals surface area contributed by atoms with Gasteiger partial charge < -0.3 is 14.6 Å². The predicted molar refractivity (Wildman–Crippen MR) is 90.4 cm³/mol. The monoisotopic (exact) mass is 336 g/mol. The third kappa shape index (κ3) is 4.29. The molecule has 0 radical (unpaired) electrons. The number of hydrogen-bond acceptors (Lipinski definition) is 5. The van der Waals surface area contributed by atoms with Gasteiger partial charge in [-0.05, 0) is 36.4 Å². The number of hydrogen-bond donors (Lipinski definition) is 1. The molecule has 0 spiro atoms. The third-order valence-electron chi connectivity index (χ3n) is 3.47. The molecule has 0 fully saturated rings. The molecule has 0 bridgehead atoms. The molecule has 7 heteroatoms. The second-order valence-corrected chi connectivity index (χ2v) is 5.14. The number of esters is 1. The Bertz CT molecular complexity index is 831. The third-order valence-corrected chi connectivity index (χ3v) is 3.47. The number of amides is 1. The Labute approximate surface area is 144 Å². The van der Waals surface area contributed by atoms with Crippen molar-refractivity contribution in [3.8, 4) is 5.69 Å². The highest BCUT2D eigenvalue weighted by Crippen LogP contribution is 2.10. The highest BCUT2D eigenvalue weighted by atomic mass is 16.5.